The van der Waals surface area contributed by atoms with Crippen LogP contribution in [0, 0.1) is 5.92 Å². The van der Waals surface area contributed by atoms with E-state index in [9.17, 15) is 4.79 Å². The van der Waals surface area contributed by atoms with Crippen LogP contribution >= 0.6 is 0 Å². The highest BCUT2D eigenvalue weighted by Crippen LogP contribution is 2.18. The lowest BCUT2D eigenvalue weighted by Crippen LogP contribution is -2.45. The molecule has 5 heteroatoms. The molecule has 1 aliphatic rings. The van der Waals surface area contributed by atoms with Crippen LogP contribution in [0.3, 0.4) is 0 Å². The maximum atomic E-state index is 11.3. The lowest BCUT2D eigenvalue weighted by atomic mass is 10.0. The Balaban J connectivity index is 2.54. The van der Waals surface area contributed by atoms with Crippen LogP contribution in [0.15, 0.2) is 0 Å². The van der Waals surface area contributed by atoms with Crippen molar-refractivity contribution in [1.29, 1.82) is 0 Å². The van der Waals surface area contributed by atoms with E-state index in [0.29, 0.717) is 13.2 Å². The first-order chi connectivity index (χ1) is 6.70. The Kier molecular flexibility index (Phi) is 4.31. The van der Waals surface area contributed by atoms with Crippen molar-refractivity contribution < 1.29 is 19.0 Å². The predicted octanol–water partition coefficient (Wildman–Crippen LogP) is -0.244. The number of carbonyl (C=O) groups excluding carboxylic acids is 1. The topological polar surface area (TPSA) is 56.8 Å². The number of hydrogen-bond donors (Lipinski definition) is 1. The summed E-state index contributed by atoms with van der Waals surface area (Å²) in [5, 5.41) is 2.89. The standard InChI is InChI=1S/C9H17NO4/c1-6(9-13-4-5-14-9)7(10-2)8(11)12-3/h6-7,9-10H,4-5H2,1-3H3/t6?,7-/m0/s1. The van der Waals surface area contributed by atoms with Gasteiger partial charge in [-0.15, -0.1) is 0 Å². The first-order valence-electron chi connectivity index (χ1n) is 4.69. The molecule has 1 fully saturated rings. The van der Waals surface area contributed by atoms with Crippen LogP contribution in [0.4, 0.5) is 0 Å². The van der Waals surface area contributed by atoms with Gasteiger partial charge in [-0.05, 0) is 7.05 Å². The molecule has 2 atom stereocenters. The molecular formula is C9H17NO4. The SMILES string of the molecule is CN[C@H](C(=O)OC)C(C)C1OCCO1. The number of esters is 1. The summed E-state index contributed by atoms with van der Waals surface area (Å²) < 4.78 is 15.3. The molecule has 0 radical (unpaired) electrons. The highest BCUT2D eigenvalue weighted by atomic mass is 16.7. The number of methoxy groups -OCH3 is 1. The maximum Gasteiger partial charge on any atom is 0.323 e. The number of rotatable bonds is 4. The van der Waals surface area contributed by atoms with Crippen LogP contribution in [0.2, 0.25) is 0 Å². The quantitative estimate of drug-likeness (QED) is 0.639. The van der Waals surface area contributed by atoms with E-state index < -0.39 is 0 Å². The first kappa shape index (κ1) is 11.4. The highest BCUT2D eigenvalue weighted by Gasteiger charge is 2.33. The van der Waals surface area contributed by atoms with Gasteiger partial charge in [0.05, 0.1) is 20.3 Å². The molecule has 0 aromatic heterocycles. The van der Waals surface area contributed by atoms with E-state index in [0.717, 1.165) is 0 Å². The Morgan fingerprint density at radius 1 is 1.50 bits per heavy atom. The number of hydrogen-bond acceptors (Lipinski definition) is 5. The van der Waals surface area contributed by atoms with Crippen LogP contribution in [-0.2, 0) is 19.0 Å². The molecule has 1 unspecified atom stereocenters. The second kappa shape index (κ2) is 5.29. The average molecular weight is 203 g/mol. The molecule has 14 heavy (non-hydrogen) atoms. The second-order valence-electron chi connectivity index (χ2n) is 3.26. The van der Waals surface area contributed by atoms with Crippen LogP contribution in [0.5, 0.6) is 0 Å². The van der Waals surface area contributed by atoms with Crippen molar-refractivity contribution >= 4 is 5.97 Å². The van der Waals surface area contributed by atoms with E-state index >= 15 is 0 Å². The minimum absolute atomic E-state index is 0.0602. The molecular weight excluding hydrogens is 186 g/mol. The van der Waals surface area contributed by atoms with Crippen molar-refractivity contribution in [3.05, 3.63) is 0 Å². The zero-order chi connectivity index (χ0) is 10.6. The molecule has 0 aromatic rings. The van der Waals surface area contributed by atoms with Gasteiger partial charge in [0, 0.05) is 5.92 Å². The summed E-state index contributed by atoms with van der Waals surface area (Å²) in [5.74, 6) is -0.353. The Bertz CT molecular complexity index is 191. The predicted molar refractivity (Wildman–Crippen MR) is 49.7 cm³/mol. The third-order valence-electron chi connectivity index (χ3n) is 2.37. The summed E-state index contributed by atoms with van der Waals surface area (Å²) in [6.45, 7) is 3.08. The van der Waals surface area contributed by atoms with Gasteiger partial charge in [-0.2, -0.15) is 0 Å². The molecule has 1 saturated heterocycles. The third kappa shape index (κ3) is 2.43. The minimum Gasteiger partial charge on any atom is -0.468 e. The molecule has 0 saturated carbocycles. The van der Waals surface area contributed by atoms with Gasteiger partial charge < -0.3 is 19.5 Å². The van der Waals surface area contributed by atoms with Gasteiger partial charge >= 0.3 is 5.97 Å². The van der Waals surface area contributed by atoms with E-state index in [1.807, 2.05) is 6.92 Å². The van der Waals surface area contributed by atoms with Crippen LogP contribution < -0.4 is 5.32 Å². The third-order valence-corrected chi connectivity index (χ3v) is 2.37. The summed E-state index contributed by atoms with van der Waals surface area (Å²) in [6.07, 6.45) is -0.313. The largest absolute Gasteiger partial charge is 0.468 e. The molecule has 1 N–H and O–H groups in total. The Hall–Kier alpha value is -0.650. The van der Waals surface area contributed by atoms with Crippen molar-refractivity contribution in [2.24, 2.45) is 5.92 Å². The fraction of sp³-hybridized carbons (Fsp3) is 0.889. The van der Waals surface area contributed by atoms with E-state index in [2.05, 4.69) is 10.1 Å². The summed E-state index contributed by atoms with van der Waals surface area (Å²) >= 11 is 0. The van der Waals surface area contributed by atoms with Crippen LogP contribution in [0.1, 0.15) is 6.92 Å². The highest BCUT2D eigenvalue weighted by molar-refractivity contribution is 5.76. The van der Waals surface area contributed by atoms with Gasteiger partial charge in [0.2, 0.25) is 0 Å². The average Bonchev–Trinajstić information content (AvgIpc) is 2.71. The maximum absolute atomic E-state index is 11.3. The zero-order valence-corrected chi connectivity index (χ0v) is 8.78. The van der Waals surface area contributed by atoms with Crippen LogP contribution in [0.25, 0.3) is 0 Å². The first-order valence-corrected chi connectivity index (χ1v) is 4.69. The van der Waals surface area contributed by atoms with Crippen molar-refractivity contribution in [1.82, 2.24) is 5.32 Å². The fourth-order valence-corrected chi connectivity index (χ4v) is 1.56. The smallest absolute Gasteiger partial charge is 0.323 e. The van der Waals surface area contributed by atoms with E-state index in [4.69, 9.17) is 9.47 Å². The summed E-state index contributed by atoms with van der Waals surface area (Å²) in [5.41, 5.74) is 0. The Morgan fingerprint density at radius 3 is 2.50 bits per heavy atom. The van der Waals surface area contributed by atoms with Gasteiger partial charge in [0.25, 0.3) is 0 Å². The van der Waals surface area contributed by atoms with Gasteiger partial charge in [0.15, 0.2) is 6.29 Å². The van der Waals surface area contributed by atoms with E-state index in [1.54, 1.807) is 7.05 Å². The lowest BCUT2D eigenvalue weighted by Gasteiger charge is -2.24. The van der Waals surface area contributed by atoms with E-state index in [1.165, 1.54) is 7.11 Å². The number of ether oxygens (including phenoxy) is 3. The normalized spacial score (nSPS) is 21.9. The minimum atomic E-state index is -0.386. The summed E-state index contributed by atoms with van der Waals surface area (Å²) in [6, 6.07) is -0.386. The molecule has 5 nitrogen and oxygen atoms in total. The van der Waals surface area contributed by atoms with Crippen molar-refractivity contribution in [2.75, 3.05) is 27.4 Å². The lowest BCUT2D eigenvalue weighted by molar-refractivity contribution is -0.150. The van der Waals surface area contributed by atoms with Gasteiger partial charge in [0.1, 0.15) is 6.04 Å². The summed E-state index contributed by atoms with van der Waals surface area (Å²) in [4.78, 5) is 11.3. The van der Waals surface area contributed by atoms with Crippen molar-refractivity contribution in [3.63, 3.8) is 0 Å². The summed E-state index contributed by atoms with van der Waals surface area (Å²) in [7, 11) is 3.09. The monoisotopic (exact) mass is 203 g/mol. The molecule has 0 aliphatic carbocycles. The zero-order valence-electron chi connectivity index (χ0n) is 8.78. The second-order valence-corrected chi connectivity index (χ2v) is 3.26. The van der Waals surface area contributed by atoms with Gasteiger partial charge in [-0.25, -0.2) is 0 Å². The molecule has 0 aromatic carbocycles. The molecule has 1 heterocycles. The van der Waals surface area contributed by atoms with Crippen LogP contribution in [-0.4, -0.2) is 45.7 Å². The molecule has 0 amide bonds. The number of likely N-dealkylation sites (N-methyl/N-ethyl adjacent to an activating group) is 1. The van der Waals surface area contributed by atoms with Gasteiger partial charge in [-0.1, -0.05) is 6.92 Å². The molecule has 0 bridgehead atoms. The Labute approximate surface area is 83.7 Å². The molecule has 0 spiro atoms. The van der Waals surface area contributed by atoms with Gasteiger partial charge in [-0.3, -0.25) is 4.79 Å². The number of carbonyl (C=O) groups is 1. The molecule has 1 aliphatic heterocycles. The van der Waals surface area contributed by atoms with E-state index in [-0.39, 0.29) is 24.2 Å². The fourth-order valence-electron chi connectivity index (χ4n) is 1.56. The van der Waals surface area contributed by atoms with Crippen molar-refractivity contribution in [2.45, 2.75) is 19.3 Å². The van der Waals surface area contributed by atoms with Crippen molar-refractivity contribution in [3.8, 4) is 0 Å². The molecule has 1 rings (SSSR count). The number of nitrogens with one attached hydrogen (secondary N) is 1. The molecule has 82 valence electrons. The Morgan fingerprint density at radius 2 is 2.07 bits per heavy atom.